The van der Waals surface area contributed by atoms with Crippen LogP contribution in [0.1, 0.15) is 32.8 Å². The number of nitrogens with one attached hydrogen (secondary N) is 1. The van der Waals surface area contributed by atoms with Gasteiger partial charge in [0.1, 0.15) is 24.7 Å². The van der Waals surface area contributed by atoms with Crippen molar-refractivity contribution in [1.82, 2.24) is 5.32 Å². The van der Waals surface area contributed by atoms with Crippen LogP contribution in [-0.4, -0.2) is 35.2 Å². The van der Waals surface area contributed by atoms with Crippen LogP contribution in [0.3, 0.4) is 0 Å². The number of carbonyl (C=O) groups is 3. The number of Topliss-reactive ketones (excluding diaryl/α,β-unsaturated/α-hetero) is 1. The smallest absolute Gasteiger partial charge is 0.408 e. The zero-order valence-corrected chi connectivity index (χ0v) is 18.2. The molecule has 7 heteroatoms. The van der Waals surface area contributed by atoms with Crippen molar-refractivity contribution < 1.29 is 23.9 Å². The molecule has 0 unspecified atom stereocenters. The molecular formula is C23H27NO5S. The fourth-order valence-corrected chi connectivity index (χ4v) is 3.44. The summed E-state index contributed by atoms with van der Waals surface area (Å²) in [6.45, 7) is 5.29. The average molecular weight is 430 g/mol. The largest absolute Gasteiger partial charge is 0.460 e. The van der Waals surface area contributed by atoms with E-state index in [9.17, 15) is 14.4 Å². The van der Waals surface area contributed by atoms with Crippen LogP contribution in [0.2, 0.25) is 0 Å². The highest BCUT2D eigenvalue weighted by Crippen LogP contribution is 2.19. The van der Waals surface area contributed by atoms with Gasteiger partial charge < -0.3 is 14.8 Å². The highest BCUT2D eigenvalue weighted by molar-refractivity contribution is 7.99. The molecule has 0 heterocycles. The molecule has 0 spiro atoms. The first-order chi connectivity index (χ1) is 14.2. The first kappa shape index (κ1) is 23.5. The lowest BCUT2D eigenvalue weighted by molar-refractivity contribution is -0.156. The highest BCUT2D eigenvalue weighted by atomic mass is 32.2. The second-order valence-electron chi connectivity index (χ2n) is 7.61. The summed E-state index contributed by atoms with van der Waals surface area (Å²) in [4.78, 5) is 37.9. The van der Waals surface area contributed by atoms with Crippen LogP contribution >= 0.6 is 11.8 Å². The van der Waals surface area contributed by atoms with E-state index in [1.165, 1.54) is 11.8 Å². The number of benzene rings is 2. The number of hydrogen-bond acceptors (Lipinski definition) is 6. The van der Waals surface area contributed by atoms with Crippen molar-refractivity contribution in [2.45, 2.75) is 50.3 Å². The minimum atomic E-state index is -0.883. The van der Waals surface area contributed by atoms with Gasteiger partial charge in [0.15, 0.2) is 5.78 Å². The maximum absolute atomic E-state index is 12.7. The van der Waals surface area contributed by atoms with E-state index in [2.05, 4.69) is 5.32 Å². The van der Waals surface area contributed by atoms with Crippen LogP contribution in [0, 0.1) is 0 Å². The number of alkyl carbamates (subject to hydrolysis) is 1. The van der Waals surface area contributed by atoms with Gasteiger partial charge in [-0.3, -0.25) is 9.59 Å². The van der Waals surface area contributed by atoms with Gasteiger partial charge in [-0.15, -0.1) is 11.8 Å². The predicted molar refractivity (Wildman–Crippen MR) is 116 cm³/mol. The fourth-order valence-electron chi connectivity index (χ4n) is 2.46. The van der Waals surface area contributed by atoms with Crippen molar-refractivity contribution in [3.05, 3.63) is 66.2 Å². The van der Waals surface area contributed by atoms with E-state index >= 15 is 0 Å². The molecule has 0 aliphatic carbocycles. The van der Waals surface area contributed by atoms with Crippen LogP contribution in [-0.2, 0) is 25.7 Å². The first-order valence-electron chi connectivity index (χ1n) is 9.62. The van der Waals surface area contributed by atoms with Crippen molar-refractivity contribution in [3.63, 3.8) is 0 Å². The number of esters is 1. The second kappa shape index (κ2) is 11.4. The molecule has 30 heavy (non-hydrogen) atoms. The number of ketones is 1. The number of ether oxygens (including phenoxy) is 2. The molecule has 2 aromatic rings. The molecule has 0 aliphatic rings. The van der Waals surface area contributed by atoms with Gasteiger partial charge in [0.05, 0.1) is 0 Å². The Balaban J connectivity index is 1.97. The molecule has 160 valence electrons. The standard InChI is InChI=1S/C23H27NO5S/c1-23(2,3)29-21(26)14-20(25)19(16-30-18-12-8-5-9-13-18)24-22(27)28-15-17-10-6-4-7-11-17/h4-13,19H,14-16H2,1-3H3,(H,24,27)/t19-/m0/s1. The van der Waals surface area contributed by atoms with Crippen LogP contribution in [0.5, 0.6) is 0 Å². The maximum Gasteiger partial charge on any atom is 0.408 e. The third-order valence-corrected chi connectivity index (χ3v) is 4.90. The van der Waals surface area contributed by atoms with E-state index in [4.69, 9.17) is 9.47 Å². The zero-order chi connectivity index (χ0) is 22.0. The molecule has 0 fully saturated rings. The molecule has 1 amide bonds. The number of rotatable bonds is 9. The van der Waals surface area contributed by atoms with E-state index in [1.54, 1.807) is 20.8 Å². The highest BCUT2D eigenvalue weighted by Gasteiger charge is 2.26. The third kappa shape index (κ3) is 9.13. The van der Waals surface area contributed by atoms with Crippen LogP contribution < -0.4 is 5.32 Å². The van der Waals surface area contributed by atoms with Crippen molar-refractivity contribution in [2.75, 3.05) is 5.75 Å². The van der Waals surface area contributed by atoms with Crippen LogP contribution in [0.15, 0.2) is 65.6 Å². The molecule has 0 aliphatic heterocycles. The topological polar surface area (TPSA) is 81.7 Å². The molecule has 6 nitrogen and oxygen atoms in total. The minimum Gasteiger partial charge on any atom is -0.460 e. The number of amides is 1. The van der Waals surface area contributed by atoms with E-state index in [1.807, 2.05) is 60.7 Å². The van der Waals surface area contributed by atoms with Gasteiger partial charge in [0, 0.05) is 10.6 Å². The first-order valence-corrected chi connectivity index (χ1v) is 10.6. The summed E-state index contributed by atoms with van der Waals surface area (Å²) in [6, 6.07) is 17.9. The van der Waals surface area contributed by atoms with Gasteiger partial charge in [-0.25, -0.2) is 4.79 Å². The fraction of sp³-hybridized carbons (Fsp3) is 0.348. The van der Waals surface area contributed by atoms with Gasteiger partial charge >= 0.3 is 12.1 Å². The van der Waals surface area contributed by atoms with Gasteiger partial charge in [-0.05, 0) is 38.5 Å². The lowest BCUT2D eigenvalue weighted by Crippen LogP contribution is -2.44. The summed E-state index contributed by atoms with van der Waals surface area (Å²) < 4.78 is 10.4. The third-order valence-electron chi connectivity index (χ3n) is 3.79. The van der Waals surface area contributed by atoms with Crippen molar-refractivity contribution >= 4 is 29.6 Å². The Morgan fingerprint density at radius 1 is 0.967 bits per heavy atom. The van der Waals surface area contributed by atoms with E-state index < -0.39 is 35.9 Å². The minimum absolute atomic E-state index is 0.0888. The zero-order valence-electron chi connectivity index (χ0n) is 17.4. The summed E-state index contributed by atoms with van der Waals surface area (Å²) in [5.41, 5.74) is 0.149. The van der Waals surface area contributed by atoms with Gasteiger partial charge in [-0.1, -0.05) is 48.5 Å². The van der Waals surface area contributed by atoms with E-state index in [-0.39, 0.29) is 12.4 Å². The Bertz CT molecular complexity index is 834. The Hall–Kier alpha value is -2.80. The van der Waals surface area contributed by atoms with E-state index in [0.29, 0.717) is 0 Å². The van der Waals surface area contributed by atoms with Crippen LogP contribution in [0.4, 0.5) is 4.79 Å². The van der Waals surface area contributed by atoms with E-state index in [0.717, 1.165) is 10.5 Å². The molecule has 2 rings (SSSR count). The summed E-state index contributed by atoms with van der Waals surface area (Å²) in [5.74, 6) is -0.780. The Morgan fingerprint density at radius 2 is 1.57 bits per heavy atom. The van der Waals surface area contributed by atoms with Gasteiger partial charge in [-0.2, -0.15) is 0 Å². The Morgan fingerprint density at radius 3 is 2.17 bits per heavy atom. The molecule has 0 saturated heterocycles. The average Bonchev–Trinajstić information content (AvgIpc) is 2.69. The van der Waals surface area contributed by atoms with Crippen LogP contribution in [0.25, 0.3) is 0 Å². The number of hydrogen-bond donors (Lipinski definition) is 1. The lowest BCUT2D eigenvalue weighted by atomic mass is 10.1. The number of thioether (sulfide) groups is 1. The summed E-state index contributed by atoms with van der Waals surface area (Å²) in [5, 5.41) is 2.59. The molecule has 2 aromatic carbocycles. The summed E-state index contributed by atoms with van der Waals surface area (Å²) in [6.07, 6.45) is -1.13. The van der Waals surface area contributed by atoms with Crippen molar-refractivity contribution in [1.29, 1.82) is 0 Å². The molecule has 0 aromatic heterocycles. The lowest BCUT2D eigenvalue weighted by Gasteiger charge is -2.21. The van der Waals surface area contributed by atoms with Gasteiger partial charge in [0.25, 0.3) is 0 Å². The molecule has 1 N–H and O–H groups in total. The second-order valence-corrected chi connectivity index (χ2v) is 8.71. The summed E-state index contributed by atoms with van der Waals surface area (Å²) in [7, 11) is 0. The molecule has 1 atom stereocenters. The van der Waals surface area contributed by atoms with Gasteiger partial charge in [0.2, 0.25) is 0 Å². The van der Waals surface area contributed by atoms with Crippen molar-refractivity contribution in [3.8, 4) is 0 Å². The number of carbonyl (C=O) groups excluding carboxylic acids is 3. The predicted octanol–water partition coefficient (Wildman–Crippen LogP) is 4.37. The molecular weight excluding hydrogens is 402 g/mol. The SMILES string of the molecule is CC(C)(C)OC(=O)CC(=O)[C@H](CSc1ccccc1)NC(=O)OCc1ccccc1. The normalized spacial score (nSPS) is 12.0. The summed E-state index contributed by atoms with van der Waals surface area (Å²) >= 11 is 1.41. The quantitative estimate of drug-likeness (QED) is 0.362. The molecule has 0 bridgehead atoms. The Kier molecular flexibility index (Phi) is 8.92. The monoisotopic (exact) mass is 429 g/mol. The Labute approximate surface area is 181 Å². The maximum atomic E-state index is 12.7. The molecule has 0 radical (unpaired) electrons. The van der Waals surface area contributed by atoms with Crippen molar-refractivity contribution in [2.24, 2.45) is 0 Å². The molecule has 0 saturated carbocycles.